The highest BCUT2D eigenvalue weighted by Crippen LogP contribution is 2.31. The van der Waals surface area contributed by atoms with Gasteiger partial charge >= 0.3 is 0 Å². The Morgan fingerprint density at radius 3 is 2.56 bits per heavy atom. The van der Waals surface area contributed by atoms with E-state index in [1.807, 2.05) is 12.3 Å². The highest BCUT2D eigenvalue weighted by atomic mass is 15.1. The van der Waals surface area contributed by atoms with Crippen molar-refractivity contribution in [2.75, 3.05) is 18.0 Å². The maximum atomic E-state index is 5.56. The van der Waals surface area contributed by atoms with Crippen LogP contribution in [-0.4, -0.2) is 18.1 Å². The Morgan fingerprint density at radius 2 is 2.11 bits per heavy atom. The molecule has 0 unspecified atom stereocenters. The molecule has 0 radical (unpaired) electrons. The summed E-state index contributed by atoms with van der Waals surface area (Å²) in [5.41, 5.74) is 9.56. The van der Waals surface area contributed by atoms with E-state index >= 15 is 0 Å². The van der Waals surface area contributed by atoms with Crippen LogP contribution in [0.25, 0.3) is 0 Å². The van der Waals surface area contributed by atoms with Crippen LogP contribution in [0.3, 0.4) is 0 Å². The van der Waals surface area contributed by atoms with Crippen LogP contribution in [0.4, 0.5) is 5.69 Å². The Hall–Kier alpha value is -1.35. The zero-order valence-electron chi connectivity index (χ0n) is 11.6. The zero-order valence-corrected chi connectivity index (χ0v) is 11.6. The molecule has 1 aromatic heterocycles. The number of pyridine rings is 1. The molecule has 18 heavy (non-hydrogen) atoms. The van der Waals surface area contributed by atoms with E-state index in [0.717, 1.165) is 25.2 Å². The quantitative estimate of drug-likeness (QED) is 0.815. The average Bonchev–Trinajstić information content (AvgIpc) is 2.38. The van der Waals surface area contributed by atoms with Gasteiger partial charge in [-0.1, -0.05) is 32.4 Å². The minimum atomic E-state index is 0.299. The summed E-state index contributed by atoms with van der Waals surface area (Å²) < 4.78 is 0. The third-order valence-corrected chi connectivity index (χ3v) is 3.56. The van der Waals surface area contributed by atoms with E-state index in [9.17, 15) is 0 Å². The summed E-state index contributed by atoms with van der Waals surface area (Å²) in [6, 6.07) is 4.13. The van der Waals surface area contributed by atoms with Crippen LogP contribution < -0.4 is 10.6 Å². The van der Waals surface area contributed by atoms with Gasteiger partial charge in [0.05, 0.1) is 17.6 Å². The summed E-state index contributed by atoms with van der Waals surface area (Å²) >= 11 is 0. The van der Waals surface area contributed by atoms with E-state index in [-0.39, 0.29) is 0 Å². The number of nitrogens with zero attached hydrogens (tertiary/aromatic N) is 2. The van der Waals surface area contributed by atoms with Crippen molar-refractivity contribution >= 4 is 5.69 Å². The minimum Gasteiger partial charge on any atom is -0.366 e. The minimum absolute atomic E-state index is 0.299. The molecule has 0 spiro atoms. The molecule has 0 saturated carbocycles. The van der Waals surface area contributed by atoms with Crippen molar-refractivity contribution in [3.8, 4) is 0 Å². The molecular weight excluding hydrogens is 222 g/mol. The third-order valence-electron chi connectivity index (χ3n) is 3.56. The largest absolute Gasteiger partial charge is 0.366 e. The molecular formula is C15H23N3. The summed E-state index contributed by atoms with van der Waals surface area (Å²) in [7, 11) is 0. The second-order valence-corrected chi connectivity index (χ2v) is 5.89. The SMILES string of the molecule is CC(C)(C)C1=CCN(c2ccc(CN)nc2)CC1. The van der Waals surface area contributed by atoms with Gasteiger partial charge in [-0.05, 0) is 24.0 Å². The molecule has 2 N–H and O–H groups in total. The van der Waals surface area contributed by atoms with Crippen LogP contribution in [0.5, 0.6) is 0 Å². The molecule has 2 heterocycles. The molecule has 1 aromatic rings. The summed E-state index contributed by atoms with van der Waals surface area (Å²) in [5.74, 6) is 0. The number of hydrogen-bond donors (Lipinski definition) is 1. The van der Waals surface area contributed by atoms with Gasteiger partial charge in [-0.2, -0.15) is 0 Å². The van der Waals surface area contributed by atoms with Crippen molar-refractivity contribution in [1.29, 1.82) is 0 Å². The first kappa shape index (κ1) is 13.1. The van der Waals surface area contributed by atoms with Crippen LogP contribution in [-0.2, 0) is 6.54 Å². The molecule has 0 amide bonds. The van der Waals surface area contributed by atoms with E-state index in [2.05, 4.69) is 42.8 Å². The lowest BCUT2D eigenvalue weighted by molar-refractivity contribution is 0.472. The van der Waals surface area contributed by atoms with Crippen molar-refractivity contribution in [3.63, 3.8) is 0 Å². The number of aromatic nitrogens is 1. The number of nitrogens with two attached hydrogens (primary N) is 1. The average molecular weight is 245 g/mol. The summed E-state index contributed by atoms with van der Waals surface area (Å²) in [4.78, 5) is 6.72. The van der Waals surface area contributed by atoms with Crippen LogP contribution in [0, 0.1) is 5.41 Å². The fourth-order valence-electron chi connectivity index (χ4n) is 2.31. The van der Waals surface area contributed by atoms with Gasteiger partial charge in [0.2, 0.25) is 0 Å². The maximum Gasteiger partial charge on any atom is 0.0555 e. The predicted molar refractivity (Wildman–Crippen MR) is 76.5 cm³/mol. The van der Waals surface area contributed by atoms with Gasteiger partial charge in [-0.3, -0.25) is 4.98 Å². The fraction of sp³-hybridized carbons (Fsp3) is 0.533. The van der Waals surface area contributed by atoms with Gasteiger partial charge in [0.25, 0.3) is 0 Å². The van der Waals surface area contributed by atoms with Gasteiger partial charge in [0, 0.05) is 19.6 Å². The van der Waals surface area contributed by atoms with E-state index in [1.165, 1.54) is 5.69 Å². The Labute approximate surface area is 110 Å². The van der Waals surface area contributed by atoms with E-state index in [0.29, 0.717) is 12.0 Å². The Balaban J connectivity index is 2.07. The van der Waals surface area contributed by atoms with Gasteiger partial charge in [-0.15, -0.1) is 0 Å². The molecule has 2 rings (SSSR count). The molecule has 0 atom stereocenters. The molecule has 0 bridgehead atoms. The van der Waals surface area contributed by atoms with Crippen molar-refractivity contribution in [2.45, 2.75) is 33.7 Å². The van der Waals surface area contributed by atoms with E-state index in [4.69, 9.17) is 5.73 Å². The normalized spacial score (nSPS) is 16.7. The lowest BCUT2D eigenvalue weighted by Crippen LogP contribution is -2.31. The molecule has 0 aliphatic carbocycles. The Bertz CT molecular complexity index is 426. The molecule has 3 nitrogen and oxygen atoms in total. The standard InChI is InChI=1S/C15H23N3/c1-15(2,3)12-6-8-18(9-7-12)14-5-4-13(10-16)17-11-14/h4-6,11H,7-10,16H2,1-3H3. The van der Waals surface area contributed by atoms with Crippen LogP contribution >= 0.6 is 0 Å². The molecule has 1 aliphatic heterocycles. The second-order valence-electron chi connectivity index (χ2n) is 5.89. The lowest BCUT2D eigenvalue weighted by Gasteiger charge is -2.33. The zero-order chi connectivity index (χ0) is 13.2. The van der Waals surface area contributed by atoms with Gasteiger partial charge in [-0.25, -0.2) is 0 Å². The van der Waals surface area contributed by atoms with Crippen molar-refractivity contribution in [2.24, 2.45) is 11.1 Å². The van der Waals surface area contributed by atoms with E-state index < -0.39 is 0 Å². The maximum absolute atomic E-state index is 5.56. The monoisotopic (exact) mass is 245 g/mol. The highest BCUT2D eigenvalue weighted by Gasteiger charge is 2.21. The van der Waals surface area contributed by atoms with Crippen molar-refractivity contribution in [1.82, 2.24) is 4.98 Å². The van der Waals surface area contributed by atoms with Crippen molar-refractivity contribution in [3.05, 3.63) is 35.7 Å². The van der Waals surface area contributed by atoms with Gasteiger partial charge in [0.1, 0.15) is 0 Å². The first-order valence-corrected chi connectivity index (χ1v) is 6.60. The predicted octanol–water partition coefficient (Wildman–Crippen LogP) is 2.72. The molecule has 3 heteroatoms. The molecule has 0 aromatic carbocycles. The molecule has 1 aliphatic rings. The summed E-state index contributed by atoms with van der Waals surface area (Å²) in [5, 5.41) is 0. The number of anilines is 1. The van der Waals surface area contributed by atoms with Crippen LogP contribution in [0.2, 0.25) is 0 Å². The second kappa shape index (κ2) is 5.11. The van der Waals surface area contributed by atoms with Crippen molar-refractivity contribution < 1.29 is 0 Å². The van der Waals surface area contributed by atoms with Gasteiger partial charge < -0.3 is 10.6 Å². The first-order valence-electron chi connectivity index (χ1n) is 6.60. The lowest BCUT2D eigenvalue weighted by atomic mass is 9.83. The topological polar surface area (TPSA) is 42.1 Å². The number of rotatable bonds is 2. The molecule has 0 saturated heterocycles. The Kier molecular flexibility index (Phi) is 3.71. The molecule has 0 fully saturated rings. The summed E-state index contributed by atoms with van der Waals surface area (Å²) in [6.07, 6.45) is 5.43. The first-order chi connectivity index (χ1) is 8.50. The Morgan fingerprint density at radius 1 is 1.33 bits per heavy atom. The molecule has 98 valence electrons. The van der Waals surface area contributed by atoms with Gasteiger partial charge in [0.15, 0.2) is 0 Å². The van der Waals surface area contributed by atoms with Crippen LogP contribution in [0.1, 0.15) is 32.9 Å². The fourth-order valence-corrected chi connectivity index (χ4v) is 2.31. The third kappa shape index (κ3) is 2.91. The smallest absolute Gasteiger partial charge is 0.0555 e. The van der Waals surface area contributed by atoms with E-state index in [1.54, 1.807) is 5.57 Å². The highest BCUT2D eigenvalue weighted by molar-refractivity contribution is 5.46. The number of hydrogen-bond acceptors (Lipinski definition) is 3. The van der Waals surface area contributed by atoms with Crippen LogP contribution in [0.15, 0.2) is 30.0 Å². The summed E-state index contributed by atoms with van der Waals surface area (Å²) in [6.45, 7) is 9.42.